The van der Waals surface area contributed by atoms with Crippen molar-refractivity contribution in [3.05, 3.63) is 59.8 Å². The molecule has 1 atom stereocenters. The number of piperazine rings is 1. The number of rotatable bonds is 6. The van der Waals surface area contributed by atoms with Crippen LogP contribution in [0, 0.1) is 5.92 Å². The summed E-state index contributed by atoms with van der Waals surface area (Å²) < 4.78 is 1.54. The fourth-order valence-corrected chi connectivity index (χ4v) is 5.81. The zero-order chi connectivity index (χ0) is 26.3. The summed E-state index contributed by atoms with van der Waals surface area (Å²) >= 11 is 0. The van der Waals surface area contributed by atoms with Crippen LogP contribution in [0.5, 0.6) is 0 Å². The zero-order valence-electron chi connectivity index (χ0n) is 22.3. The largest absolute Gasteiger partial charge is 0.368 e. The minimum Gasteiger partial charge on any atom is -0.368 e. The van der Waals surface area contributed by atoms with Gasteiger partial charge in [0, 0.05) is 37.8 Å². The lowest BCUT2D eigenvalue weighted by atomic mass is 10.0. The molecule has 200 valence electrons. The van der Waals surface area contributed by atoms with Crippen LogP contribution < -0.4 is 16.0 Å². The Bertz CT molecular complexity index is 1480. The molecule has 1 unspecified atom stereocenters. The topological polar surface area (TPSA) is 114 Å². The number of hydrogen-bond donors (Lipinski definition) is 2. The Morgan fingerprint density at radius 2 is 1.87 bits per heavy atom. The number of fused-ring (bicyclic) bond motifs is 3. The van der Waals surface area contributed by atoms with Crippen molar-refractivity contribution in [1.29, 1.82) is 0 Å². The maximum Gasteiger partial charge on any atom is 0.248 e. The third-order valence-electron chi connectivity index (χ3n) is 8.16. The summed E-state index contributed by atoms with van der Waals surface area (Å²) in [4.78, 5) is 14.1. The molecule has 10 heteroatoms. The molecule has 4 aromatic rings. The number of benzene rings is 1. The Morgan fingerprint density at radius 1 is 1.00 bits per heavy atom. The Morgan fingerprint density at radius 3 is 2.69 bits per heavy atom. The molecule has 0 spiro atoms. The second-order valence-corrected chi connectivity index (χ2v) is 11.1. The summed E-state index contributed by atoms with van der Waals surface area (Å²) in [5, 5.41) is 16.8. The summed E-state index contributed by atoms with van der Waals surface area (Å²) in [6.07, 6.45) is 7.65. The summed E-state index contributed by atoms with van der Waals surface area (Å²) in [6, 6.07) is 15.1. The van der Waals surface area contributed by atoms with Crippen LogP contribution in [0.2, 0.25) is 0 Å². The van der Waals surface area contributed by atoms with Crippen LogP contribution in [0.4, 0.5) is 23.4 Å². The maximum absolute atomic E-state index is 6.25. The predicted molar refractivity (Wildman–Crippen MR) is 152 cm³/mol. The van der Waals surface area contributed by atoms with Crippen molar-refractivity contribution < 1.29 is 0 Å². The third kappa shape index (κ3) is 4.92. The van der Waals surface area contributed by atoms with Gasteiger partial charge in [0.2, 0.25) is 11.9 Å². The van der Waals surface area contributed by atoms with Gasteiger partial charge in [0.25, 0.3) is 0 Å². The number of aryl methyl sites for hydroxylation is 2. The minimum absolute atomic E-state index is 0.253. The number of hydrogen-bond acceptors (Lipinski definition) is 9. The number of nitrogens with zero attached hydrogens (tertiary/aromatic N) is 8. The van der Waals surface area contributed by atoms with Gasteiger partial charge in [-0.25, -0.2) is 4.98 Å². The van der Waals surface area contributed by atoms with Gasteiger partial charge in [-0.3, -0.25) is 4.90 Å². The molecule has 1 aromatic carbocycles. The average molecular weight is 523 g/mol. The van der Waals surface area contributed by atoms with Crippen molar-refractivity contribution in [3.8, 4) is 17.1 Å². The molecule has 10 nitrogen and oxygen atoms in total. The SMILES string of the molecule is CC1CN(c2ccc(Nc3nc(N)n(-c4cc5c(nn4)-c4ccccc4CCC5)n3)cn2)CCN1CC1CC1. The highest BCUT2D eigenvalue weighted by Gasteiger charge is 2.30. The Hall–Kier alpha value is -4.05. The lowest BCUT2D eigenvalue weighted by Gasteiger charge is -2.40. The molecule has 3 N–H and O–H groups in total. The molecule has 0 bridgehead atoms. The van der Waals surface area contributed by atoms with Gasteiger partial charge < -0.3 is 16.0 Å². The highest BCUT2D eigenvalue weighted by atomic mass is 15.4. The molecule has 0 radical (unpaired) electrons. The molecule has 1 aliphatic heterocycles. The van der Waals surface area contributed by atoms with Crippen molar-refractivity contribution in [2.45, 2.75) is 45.1 Å². The minimum atomic E-state index is 0.253. The fourth-order valence-electron chi connectivity index (χ4n) is 5.81. The van der Waals surface area contributed by atoms with Gasteiger partial charge in [0.15, 0.2) is 5.82 Å². The molecular formula is C29H34N10. The van der Waals surface area contributed by atoms with E-state index in [0.29, 0.717) is 17.8 Å². The highest BCUT2D eigenvalue weighted by Crippen LogP contribution is 2.32. The molecule has 2 fully saturated rings. The van der Waals surface area contributed by atoms with E-state index in [2.05, 4.69) is 72.7 Å². The molecule has 1 saturated heterocycles. The van der Waals surface area contributed by atoms with Gasteiger partial charge in [0.1, 0.15) is 5.82 Å². The van der Waals surface area contributed by atoms with Crippen LogP contribution in [0.15, 0.2) is 48.7 Å². The summed E-state index contributed by atoms with van der Waals surface area (Å²) in [5.74, 6) is 3.14. The molecule has 0 amide bonds. The number of aromatic nitrogens is 6. The number of nitrogens with two attached hydrogens (primary N) is 1. The average Bonchev–Trinajstić information content (AvgIpc) is 3.73. The highest BCUT2D eigenvalue weighted by molar-refractivity contribution is 5.68. The smallest absolute Gasteiger partial charge is 0.248 e. The number of anilines is 4. The van der Waals surface area contributed by atoms with E-state index >= 15 is 0 Å². The first-order valence-corrected chi connectivity index (χ1v) is 14.0. The second kappa shape index (κ2) is 9.92. The molecule has 1 saturated carbocycles. The van der Waals surface area contributed by atoms with Crippen LogP contribution >= 0.6 is 0 Å². The Balaban J connectivity index is 1.05. The molecule has 2 aliphatic carbocycles. The van der Waals surface area contributed by atoms with E-state index in [-0.39, 0.29) is 5.95 Å². The van der Waals surface area contributed by atoms with Crippen molar-refractivity contribution >= 4 is 23.4 Å². The van der Waals surface area contributed by atoms with E-state index < -0.39 is 0 Å². The Labute approximate surface area is 228 Å². The first-order chi connectivity index (χ1) is 19.1. The zero-order valence-corrected chi connectivity index (χ0v) is 22.3. The molecule has 4 heterocycles. The molecule has 3 aliphatic rings. The third-order valence-corrected chi connectivity index (χ3v) is 8.16. The first-order valence-electron chi connectivity index (χ1n) is 14.0. The van der Waals surface area contributed by atoms with E-state index in [1.165, 1.54) is 29.6 Å². The summed E-state index contributed by atoms with van der Waals surface area (Å²) in [5.41, 5.74) is 11.6. The first kappa shape index (κ1) is 24.0. The Kier molecular flexibility index (Phi) is 6.11. The van der Waals surface area contributed by atoms with E-state index in [9.17, 15) is 0 Å². The van der Waals surface area contributed by atoms with Crippen LogP contribution in [-0.2, 0) is 12.8 Å². The number of pyridine rings is 1. The van der Waals surface area contributed by atoms with Gasteiger partial charge in [-0.15, -0.1) is 15.3 Å². The quantitative estimate of drug-likeness (QED) is 0.390. The standard InChI is InChI=1S/C29H34N10/c1-19-17-38(14-13-37(19)18-20-9-10-20)25-12-11-23(16-31-25)32-29-33-28(30)39(36-29)26-15-22-7-4-6-21-5-2-3-8-24(21)27(22)35-34-26/h2-3,5,8,11-12,15-16,19-20H,4,6-7,9-10,13-14,17-18H2,1H3,(H3,30,32,33,36). The molecule has 7 rings (SSSR count). The van der Waals surface area contributed by atoms with E-state index in [1.54, 1.807) is 0 Å². The van der Waals surface area contributed by atoms with Gasteiger partial charge in [-0.05, 0) is 74.3 Å². The fraction of sp³-hybridized carbons (Fsp3) is 0.414. The normalized spacial score (nSPS) is 19.3. The van der Waals surface area contributed by atoms with Gasteiger partial charge >= 0.3 is 0 Å². The van der Waals surface area contributed by atoms with Gasteiger partial charge in [0.05, 0.1) is 17.6 Å². The van der Waals surface area contributed by atoms with Crippen molar-refractivity contribution in [1.82, 2.24) is 34.8 Å². The lowest BCUT2D eigenvalue weighted by Crippen LogP contribution is -2.52. The van der Waals surface area contributed by atoms with Crippen LogP contribution in [-0.4, -0.2) is 67.1 Å². The summed E-state index contributed by atoms with van der Waals surface area (Å²) in [6.45, 7) is 6.68. The molecule has 3 aromatic heterocycles. The molecular weight excluding hydrogens is 488 g/mol. The molecule has 39 heavy (non-hydrogen) atoms. The predicted octanol–water partition coefficient (Wildman–Crippen LogP) is 3.85. The van der Waals surface area contributed by atoms with E-state index in [1.807, 2.05) is 18.3 Å². The van der Waals surface area contributed by atoms with Gasteiger partial charge in [-0.1, -0.05) is 24.3 Å². The summed E-state index contributed by atoms with van der Waals surface area (Å²) in [7, 11) is 0. The van der Waals surface area contributed by atoms with Crippen LogP contribution in [0.1, 0.15) is 37.3 Å². The van der Waals surface area contributed by atoms with Crippen molar-refractivity contribution in [2.24, 2.45) is 5.92 Å². The monoisotopic (exact) mass is 522 g/mol. The van der Waals surface area contributed by atoms with Crippen LogP contribution in [0.3, 0.4) is 0 Å². The van der Waals surface area contributed by atoms with E-state index in [0.717, 1.165) is 73.1 Å². The number of nitrogens with one attached hydrogen (secondary N) is 1. The van der Waals surface area contributed by atoms with Gasteiger partial charge in [-0.2, -0.15) is 9.67 Å². The van der Waals surface area contributed by atoms with Crippen molar-refractivity contribution in [3.63, 3.8) is 0 Å². The van der Waals surface area contributed by atoms with Crippen LogP contribution in [0.25, 0.3) is 17.1 Å². The lowest BCUT2D eigenvalue weighted by molar-refractivity contribution is 0.181. The second-order valence-electron chi connectivity index (χ2n) is 11.1. The van der Waals surface area contributed by atoms with Crippen molar-refractivity contribution in [2.75, 3.05) is 42.1 Å². The van der Waals surface area contributed by atoms with E-state index in [4.69, 9.17) is 10.7 Å². The number of nitrogen functional groups attached to an aromatic ring is 1. The maximum atomic E-state index is 6.25.